The van der Waals surface area contributed by atoms with Gasteiger partial charge in [-0.25, -0.2) is 0 Å². The van der Waals surface area contributed by atoms with Crippen molar-refractivity contribution in [3.8, 4) is 0 Å². The van der Waals surface area contributed by atoms with E-state index in [2.05, 4.69) is 43.7 Å². The van der Waals surface area contributed by atoms with Crippen molar-refractivity contribution in [3.63, 3.8) is 0 Å². The van der Waals surface area contributed by atoms with Crippen LogP contribution in [0.1, 0.15) is 61.2 Å². The van der Waals surface area contributed by atoms with E-state index in [4.69, 9.17) is 0 Å². The molecule has 0 amide bonds. The Morgan fingerprint density at radius 3 is 1.49 bits per heavy atom. The Bertz CT molecular complexity index is 540. The van der Waals surface area contributed by atoms with Gasteiger partial charge >= 0.3 is 17.9 Å². The first-order chi connectivity index (χ1) is 16.3. The zero-order valence-electron chi connectivity index (χ0n) is 23.5. The van der Waals surface area contributed by atoms with Gasteiger partial charge < -0.3 is 30.2 Å². The maximum atomic E-state index is 11.0. The zero-order chi connectivity index (χ0) is 27.4. The first-order valence-electron chi connectivity index (χ1n) is 11.7. The number of hydrogen-bond acceptors (Lipinski definition) is 9. The van der Waals surface area contributed by atoms with Crippen molar-refractivity contribution >= 4 is 17.9 Å². The smallest absolute Gasteiger partial charge is 0.323 e. The Labute approximate surface area is 229 Å². The number of methoxy groups -OCH3 is 3. The third-order valence-corrected chi connectivity index (χ3v) is 4.36. The molecule has 3 atom stereocenters. The number of carbonyl (C=O) groups is 3. The van der Waals surface area contributed by atoms with Gasteiger partial charge in [-0.1, -0.05) is 51.8 Å². The minimum absolute atomic E-state index is 0. The van der Waals surface area contributed by atoms with Crippen LogP contribution in [0.2, 0.25) is 0 Å². The second-order valence-corrected chi connectivity index (χ2v) is 6.56. The van der Waals surface area contributed by atoms with Crippen LogP contribution in [-0.2, 0) is 49.0 Å². The summed E-state index contributed by atoms with van der Waals surface area (Å²) in [5.74, 6) is -0.631. The Hall–Kier alpha value is -1.57. The van der Waals surface area contributed by atoms with Crippen molar-refractivity contribution in [2.45, 2.75) is 77.9 Å². The number of rotatable bonds is 13. The second-order valence-electron chi connectivity index (χ2n) is 6.56. The molecule has 0 radical (unpaired) electrons. The molecule has 10 heteroatoms. The van der Waals surface area contributed by atoms with Gasteiger partial charge in [0.15, 0.2) is 0 Å². The normalized spacial score (nSPS) is 11.8. The van der Waals surface area contributed by atoms with E-state index in [0.29, 0.717) is 12.8 Å². The number of nitrogens with one attached hydrogen (secondary N) is 3. The predicted molar refractivity (Wildman–Crippen MR) is 142 cm³/mol. The minimum atomic E-state index is -0.248. The Balaban J connectivity index is -0.0000000882. The van der Waals surface area contributed by atoms with Crippen LogP contribution in [0.3, 0.4) is 0 Å². The van der Waals surface area contributed by atoms with Crippen LogP contribution in [0.4, 0.5) is 0 Å². The molecule has 0 rings (SSSR count). The Kier molecular flexibility index (Phi) is 43.0. The topological polar surface area (TPSA) is 115 Å². The van der Waals surface area contributed by atoms with Crippen molar-refractivity contribution in [2.75, 3.05) is 42.5 Å². The molecule has 35 heavy (non-hydrogen) atoms. The maximum absolute atomic E-state index is 11.0. The van der Waals surface area contributed by atoms with Crippen LogP contribution < -0.4 is 16.0 Å². The van der Waals surface area contributed by atoms with Crippen molar-refractivity contribution < 1.29 is 50.4 Å². The van der Waals surface area contributed by atoms with Gasteiger partial charge in [0, 0.05) is 21.8 Å². The molecule has 9 nitrogen and oxygen atoms in total. The van der Waals surface area contributed by atoms with Gasteiger partial charge in [0.25, 0.3) is 0 Å². The number of allylic oxidation sites excluding steroid dienone is 1. The molecule has 3 unspecified atom stereocenters. The predicted octanol–water partition coefficient (Wildman–Crippen LogP) is 3.24. The molecule has 0 saturated heterocycles. The first kappa shape index (κ1) is 43.5. The fraction of sp³-hybridized carbons (Fsp3) is 0.720. The van der Waals surface area contributed by atoms with Gasteiger partial charge in [0.2, 0.25) is 0 Å². The summed E-state index contributed by atoms with van der Waals surface area (Å²) in [6, 6.07) is -0.585. The molecular weight excluding hydrogens is 545 g/mol. The third kappa shape index (κ3) is 26.9. The van der Waals surface area contributed by atoms with Gasteiger partial charge in [-0.15, -0.1) is 6.58 Å². The molecule has 0 aromatic heterocycles. The number of ether oxygens (including phenoxy) is 3. The van der Waals surface area contributed by atoms with Gasteiger partial charge in [-0.3, -0.25) is 14.4 Å². The average molecular weight is 598 g/mol. The van der Waals surface area contributed by atoms with E-state index in [0.717, 1.165) is 19.3 Å². The summed E-state index contributed by atoms with van der Waals surface area (Å²) in [6.45, 7) is 11.5. The van der Waals surface area contributed by atoms with E-state index < -0.39 is 0 Å². The molecule has 0 aromatic carbocycles. The van der Waals surface area contributed by atoms with Crippen LogP contribution >= 0.6 is 0 Å². The molecule has 3 N–H and O–H groups in total. The average Bonchev–Trinajstić information content (AvgIpc) is 2.89. The number of unbranched alkanes of at least 4 members (excludes halogenated alkanes) is 1. The largest absolute Gasteiger partial charge is 0.468 e. The third-order valence-electron chi connectivity index (χ3n) is 4.36. The molecule has 0 bridgehead atoms. The van der Waals surface area contributed by atoms with Crippen molar-refractivity contribution in [1.29, 1.82) is 0 Å². The number of carbonyl (C=O) groups excluding carboxylic acids is 3. The number of esters is 3. The zero-order valence-corrected chi connectivity index (χ0v) is 25.0. The van der Waals surface area contributed by atoms with Crippen molar-refractivity contribution in [3.05, 3.63) is 24.8 Å². The molecule has 0 aliphatic carbocycles. The molecule has 0 heterocycles. The van der Waals surface area contributed by atoms with E-state index in [-0.39, 0.29) is 57.9 Å². The van der Waals surface area contributed by atoms with Gasteiger partial charge in [0.05, 0.1) is 21.3 Å². The van der Waals surface area contributed by atoms with Crippen molar-refractivity contribution in [2.24, 2.45) is 0 Å². The van der Waals surface area contributed by atoms with Gasteiger partial charge in [-0.05, 0) is 47.3 Å². The summed E-state index contributed by atoms with van der Waals surface area (Å²) in [5.41, 5.74) is 0. The fourth-order valence-corrected chi connectivity index (χ4v) is 2.32. The molecule has 0 aliphatic heterocycles. The molecule has 214 valence electrons. The summed E-state index contributed by atoms with van der Waals surface area (Å²) in [7, 11) is 9.41. The molecule has 0 aromatic rings. The van der Waals surface area contributed by atoms with Gasteiger partial charge in [-0.2, -0.15) is 0 Å². The summed E-state index contributed by atoms with van der Waals surface area (Å²) in [4.78, 5) is 32.7. The molecular formula is C25H53N3O6Pd. The van der Waals surface area contributed by atoms with Crippen LogP contribution in [0.5, 0.6) is 0 Å². The van der Waals surface area contributed by atoms with E-state index in [9.17, 15) is 14.4 Å². The van der Waals surface area contributed by atoms with Crippen LogP contribution in [0.15, 0.2) is 24.8 Å². The number of likely N-dealkylation sites (N-methyl/N-ethyl adjacent to an activating group) is 3. The summed E-state index contributed by atoms with van der Waals surface area (Å²) < 4.78 is 13.7. The first-order valence-corrected chi connectivity index (χ1v) is 11.7. The maximum Gasteiger partial charge on any atom is 0.323 e. The second kappa shape index (κ2) is 34.6. The molecule has 0 saturated carbocycles. The summed E-state index contributed by atoms with van der Waals surface area (Å²) >= 11 is 0. The fourth-order valence-electron chi connectivity index (χ4n) is 2.32. The monoisotopic (exact) mass is 597 g/mol. The summed E-state index contributed by atoms with van der Waals surface area (Å²) in [6.07, 6.45) is 9.82. The van der Waals surface area contributed by atoms with Crippen LogP contribution in [0, 0.1) is 0 Å². The molecule has 0 aliphatic rings. The van der Waals surface area contributed by atoms with E-state index in [1.54, 1.807) is 27.2 Å². The van der Waals surface area contributed by atoms with Crippen LogP contribution in [0.25, 0.3) is 0 Å². The van der Waals surface area contributed by atoms with Crippen molar-refractivity contribution in [1.82, 2.24) is 16.0 Å². The molecule has 0 fully saturated rings. The SMILES string of the molecule is C/C=C/CC(NC)C(=O)OC.C=CCC(NC)C(=O)OC.CC.CCCCC(NC)C(=O)OC.[HH].[Pd]. The van der Waals surface area contributed by atoms with E-state index in [1.165, 1.54) is 21.3 Å². The van der Waals surface area contributed by atoms with E-state index in [1.807, 2.05) is 32.9 Å². The van der Waals surface area contributed by atoms with Crippen LogP contribution in [-0.4, -0.2) is 78.5 Å². The quantitative estimate of drug-likeness (QED) is 0.127. The Morgan fingerprint density at radius 1 is 0.829 bits per heavy atom. The van der Waals surface area contributed by atoms with E-state index >= 15 is 0 Å². The standard InChI is InChI=1S/C8H17NO2.C8H15NO2.C7H13NO2.C2H6.Pd.H2/c2*1-4-5-6-7(9-2)8(10)11-3;1-4-5-6(8-2)7(9)10-3;1-2;;/h7,9H,4-6H2,1-3H3;4-5,7,9H,6H2,1-3H3;4,6,8H,1,5H2,2-3H3;1-2H3;;1H/b;5-4+;;;;. The molecule has 0 spiro atoms. The summed E-state index contributed by atoms with van der Waals surface area (Å²) in [5, 5.41) is 8.58. The Morgan fingerprint density at radius 2 is 1.20 bits per heavy atom. The van der Waals surface area contributed by atoms with Gasteiger partial charge in [0.1, 0.15) is 18.1 Å². The number of hydrogen-bond donors (Lipinski definition) is 3. The minimum Gasteiger partial charge on any atom is -0.468 e.